The highest BCUT2D eigenvalue weighted by molar-refractivity contribution is 5.89. The fraction of sp³-hybridized carbons (Fsp3) is 0.429. The lowest BCUT2D eigenvalue weighted by molar-refractivity contribution is -0.136. The number of urea groups is 1. The van der Waals surface area contributed by atoms with Crippen LogP contribution in [-0.4, -0.2) is 46.3 Å². The van der Waals surface area contributed by atoms with Crippen molar-refractivity contribution in [3.63, 3.8) is 0 Å². The molecule has 6 heteroatoms. The molecule has 0 bridgehead atoms. The van der Waals surface area contributed by atoms with E-state index < -0.39 is 5.97 Å². The molecular weight excluding hydrogens is 260 g/mol. The zero-order chi connectivity index (χ0) is 15.1. The van der Waals surface area contributed by atoms with Crippen LogP contribution in [0.5, 0.6) is 0 Å². The molecule has 1 rings (SSSR count). The van der Waals surface area contributed by atoms with Crippen LogP contribution in [0.25, 0.3) is 0 Å². The van der Waals surface area contributed by atoms with Crippen LogP contribution in [-0.2, 0) is 11.2 Å². The van der Waals surface area contributed by atoms with Crippen LogP contribution < -0.4 is 5.32 Å². The molecule has 0 atom stereocenters. The molecule has 0 saturated carbocycles. The Morgan fingerprint density at radius 2 is 2.05 bits per heavy atom. The van der Waals surface area contributed by atoms with Gasteiger partial charge in [-0.15, -0.1) is 0 Å². The number of hydrogen-bond donors (Lipinski definition) is 3. The number of carbonyl (C=O) groups is 2. The fourth-order valence-electron chi connectivity index (χ4n) is 1.83. The van der Waals surface area contributed by atoms with E-state index in [4.69, 9.17) is 10.2 Å². The topological polar surface area (TPSA) is 89.9 Å². The molecule has 0 aliphatic rings. The van der Waals surface area contributed by atoms with Crippen molar-refractivity contribution in [2.45, 2.75) is 26.3 Å². The monoisotopic (exact) mass is 280 g/mol. The van der Waals surface area contributed by atoms with Crippen molar-refractivity contribution in [3.8, 4) is 0 Å². The summed E-state index contributed by atoms with van der Waals surface area (Å²) in [4.78, 5) is 24.2. The van der Waals surface area contributed by atoms with Gasteiger partial charge in [0.25, 0.3) is 0 Å². The molecule has 0 aromatic heterocycles. The van der Waals surface area contributed by atoms with Gasteiger partial charge in [-0.05, 0) is 31.5 Å². The summed E-state index contributed by atoms with van der Waals surface area (Å²) in [5.41, 5.74) is 1.16. The van der Waals surface area contributed by atoms with E-state index in [9.17, 15) is 9.59 Å². The van der Waals surface area contributed by atoms with Gasteiger partial charge in [0.15, 0.2) is 0 Å². The summed E-state index contributed by atoms with van der Waals surface area (Å²) < 4.78 is 0. The first-order valence-electron chi connectivity index (χ1n) is 6.43. The minimum atomic E-state index is -0.919. The first kappa shape index (κ1) is 16.0. The van der Waals surface area contributed by atoms with Gasteiger partial charge in [0.05, 0.1) is 13.0 Å². The quantitative estimate of drug-likeness (QED) is 0.737. The lowest BCUT2D eigenvalue weighted by Crippen LogP contribution is -2.41. The van der Waals surface area contributed by atoms with Gasteiger partial charge >= 0.3 is 12.0 Å². The number of carboxylic acid groups (broad SMARTS) is 1. The summed E-state index contributed by atoms with van der Waals surface area (Å²) in [6, 6.07) is 6.35. The van der Waals surface area contributed by atoms with Crippen LogP contribution in [0.3, 0.4) is 0 Å². The van der Waals surface area contributed by atoms with E-state index in [1.165, 1.54) is 4.90 Å². The third-order valence-electron chi connectivity index (χ3n) is 2.76. The maximum atomic E-state index is 12.1. The minimum Gasteiger partial charge on any atom is -0.481 e. The number of rotatable bonds is 6. The lowest BCUT2D eigenvalue weighted by atomic mass is 10.1. The molecule has 0 fully saturated rings. The van der Waals surface area contributed by atoms with Crippen LogP contribution >= 0.6 is 0 Å². The third kappa shape index (κ3) is 4.89. The van der Waals surface area contributed by atoms with E-state index in [1.807, 2.05) is 13.8 Å². The Morgan fingerprint density at radius 1 is 1.35 bits per heavy atom. The zero-order valence-corrected chi connectivity index (χ0v) is 11.7. The summed E-state index contributed by atoms with van der Waals surface area (Å²) in [5.74, 6) is -0.919. The number of aliphatic hydroxyl groups is 1. The Kier molecular flexibility index (Phi) is 5.99. The predicted octanol–water partition coefficient (Wildman–Crippen LogP) is 1.55. The normalized spacial score (nSPS) is 10.4. The summed E-state index contributed by atoms with van der Waals surface area (Å²) in [6.07, 6.45) is -0.0890. The van der Waals surface area contributed by atoms with Crippen molar-refractivity contribution < 1.29 is 19.8 Å². The van der Waals surface area contributed by atoms with Crippen LogP contribution in [0.2, 0.25) is 0 Å². The molecule has 1 aromatic carbocycles. The highest BCUT2D eigenvalue weighted by Gasteiger charge is 2.16. The van der Waals surface area contributed by atoms with Crippen LogP contribution in [0.15, 0.2) is 24.3 Å². The molecule has 0 heterocycles. The van der Waals surface area contributed by atoms with Gasteiger partial charge in [-0.3, -0.25) is 4.79 Å². The fourth-order valence-corrected chi connectivity index (χ4v) is 1.83. The third-order valence-corrected chi connectivity index (χ3v) is 2.76. The molecular formula is C14H20N2O4. The second-order valence-electron chi connectivity index (χ2n) is 4.71. The van der Waals surface area contributed by atoms with Gasteiger partial charge in [0.1, 0.15) is 0 Å². The Hall–Kier alpha value is -2.08. The number of anilines is 1. The Balaban J connectivity index is 2.76. The molecule has 0 spiro atoms. The number of carboxylic acids is 1. The summed E-state index contributed by atoms with van der Waals surface area (Å²) in [6.45, 7) is 3.86. The van der Waals surface area contributed by atoms with E-state index >= 15 is 0 Å². The highest BCUT2D eigenvalue weighted by atomic mass is 16.4. The molecule has 1 aromatic rings. The van der Waals surface area contributed by atoms with Gasteiger partial charge in [-0.1, -0.05) is 12.1 Å². The van der Waals surface area contributed by atoms with E-state index in [0.29, 0.717) is 11.3 Å². The molecule has 20 heavy (non-hydrogen) atoms. The van der Waals surface area contributed by atoms with Crippen LogP contribution in [0, 0.1) is 0 Å². The molecule has 110 valence electrons. The number of hydrogen-bond acceptors (Lipinski definition) is 3. The smallest absolute Gasteiger partial charge is 0.322 e. The van der Waals surface area contributed by atoms with Crippen molar-refractivity contribution in [2.75, 3.05) is 18.5 Å². The van der Waals surface area contributed by atoms with Gasteiger partial charge < -0.3 is 20.4 Å². The van der Waals surface area contributed by atoms with Gasteiger partial charge in [0.2, 0.25) is 0 Å². The molecule has 0 unspecified atom stereocenters. The maximum Gasteiger partial charge on any atom is 0.322 e. The first-order valence-corrected chi connectivity index (χ1v) is 6.43. The average molecular weight is 280 g/mol. The van der Waals surface area contributed by atoms with Gasteiger partial charge in [-0.25, -0.2) is 4.79 Å². The van der Waals surface area contributed by atoms with Crippen LogP contribution in [0.1, 0.15) is 19.4 Å². The number of carbonyl (C=O) groups excluding carboxylic acids is 1. The van der Waals surface area contributed by atoms with Gasteiger partial charge in [0, 0.05) is 18.3 Å². The van der Waals surface area contributed by atoms with E-state index in [1.54, 1.807) is 24.3 Å². The number of amides is 2. The first-order chi connectivity index (χ1) is 9.43. The zero-order valence-electron chi connectivity index (χ0n) is 11.7. The molecule has 3 N–H and O–H groups in total. The SMILES string of the molecule is CC(C)N(CCO)C(=O)Nc1cccc(CC(=O)O)c1. The largest absolute Gasteiger partial charge is 0.481 e. The number of nitrogens with one attached hydrogen (secondary N) is 1. The lowest BCUT2D eigenvalue weighted by Gasteiger charge is -2.26. The molecule has 6 nitrogen and oxygen atoms in total. The van der Waals surface area contributed by atoms with Gasteiger partial charge in [-0.2, -0.15) is 0 Å². The second-order valence-corrected chi connectivity index (χ2v) is 4.71. The number of aliphatic carboxylic acids is 1. The number of benzene rings is 1. The minimum absolute atomic E-state index is 0.0376. The Bertz CT molecular complexity index is 474. The van der Waals surface area contributed by atoms with Crippen molar-refractivity contribution in [2.24, 2.45) is 0 Å². The van der Waals surface area contributed by atoms with Crippen molar-refractivity contribution in [1.29, 1.82) is 0 Å². The average Bonchev–Trinajstić information content (AvgIpc) is 2.34. The predicted molar refractivity (Wildman–Crippen MR) is 75.7 cm³/mol. The molecule has 2 amide bonds. The molecule has 0 saturated heterocycles. The highest BCUT2D eigenvalue weighted by Crippen LogP contribution is 2.13. The van der Waals surface area contributed by atoms with E-state index in [0.717, 1.165) is 0 Å². The Labute approximate surface area is 118 Å². The Morgan fingerprint density at radius 3 is 2.60 bits per heavy atom. The van der Waals surface area contributed by atoms with Crippen molar-refractivity contribution in [1.82, 2.24) is 4.90 Å². The summed E-state index contributed by atoms with van der Waals surface area (Å²) >= 11 is 0. The van der Waals surface area contributed by atoms with Crippen LogP contribution in [0.4, 0.5) is 10.5 Å². The molecule has 0 radical (unpaired) electrons. The van der Waals surface area contributed by atoms with Crippen molar-refractivity contribution >= 4 is 17.7 Å². The summed E-state index contributed by atoms with van der Waals surface area (Å²) in [5, 5.41) is 20.4. The number of nitrogens with zero attached hydrogens (tertiary/aromatic N) is 1. The maximum absolute atomic E-state index is 12.1. The second kappa shape index (κ2) is 7.49. The molecule has 0 aliphatic heterocycles. The standard InChI is InChI=1S/C14H20N2O4/c1-10(2)16(6-7-17)14(20)15-12-5-3-4-11(8-12)9-13(18)19/h3-5,8,10,17H,6-7,9H2,1-2H3,(H,15,20)(H,18,19). The van der Waals surface area contributed by atoms with Crippen molar-refractivity contribution in [3.05, 3.63) is 29.8 Å². The van der Waals surface area contributed by atoms with E-state index in [2.05, 4.69) is 5.32 Å². The molecule has 0 aliphatic carbocycles. The number of aliphatic hydroxyl groups excluding tert-OH is 1. The summed E-state index contributed by atoms with van der Waals surface area (Å²) in [7, 11) is 0. The van der Waals surface area contributed by atoms with E-state index in [-0.39, 0.29) is 31.6 Å².